The maximum absolute atomic E-state index is 13.1. The lowest BCUT2D eigenvalue weighted by Crippen LogP contribution is -2.36. The average molecular weight is 493 g/mol. The van der Waals surface area contributed by atoms with Crippen LogP contribution in [0.2, 0.25) is 0 Å². The summed E-state index contributed by atoms with van der Waals surface area (Å²) in [6.45, 7) is 6.60. The Morgan fingerprint density at radius 2 is 1.72 bits per heavy atom. The molecule has 5 rings (SSSR count). The number of nitrogens with zero attached hydrogens (tertiary/aromatic N) is 3. The van der Waals surface area contributed by atoms with Crippen molar-refractivity contribution in [3.8, 4) is 5.75 Å². The summed E-state index contributed by atoms with van der Waals surface area (Å²) in [6.07, 6.45) is 0.986. The minimum atomic E-state index is -0.467. The zero-order chi connectivity index (χ0) is 25.1. The fourth-order valence-corrected chi connectivity index (χ4v) is 4.74. The molecular weight excluding hydrogens is 460 g/mol. The molecule has 0 radical (unpaired) electrons. The van der Waals surface area contributed by atoms with E-state index in [1.54, 1.807) is 13.2 Å². The van der Waals surface area contributed by atoms with Gasteiger partial charge in [0.15, 0.2) is 16.8 Å². The molecule has 9 heteroatoms. The predicted molar refractivity (Wildman–Crippen MR) is 141 cm³/mol. The smallest absolute Gasteiger partial charge is 0.291 e. The van der Waals surface area contributed by atoms with Crippen LogP contribution < -0.4 is 25.3 Å². The van der Waals surface area contributed by atoms with Gasteiger partial charge in [-0.1, -0.05) is 0 Å². The highest BCUT2D eigenvalue weighted by atomic mass is 16.5. The molecule has 190 valence electrons. The largest absolute Gasteiger partial charge is 0.497 e. The summed E-state index contributed by atoms with van der Waals surface area (Å²) >= 11 is 0. The van der Waals surface area contributed by atoms with E-state index in [-0.39, 0.29) is 11.2 Å². The second-order valence-corrected chi connectivity index (χ2v) is 9.24. The standard InChI is InChI=1S/C27H32N4O5/c1-29-8-3-9-31(11-10-29)23-17-21(34-2)16-22-24(32)18-25(36-26(22)23)27(33)28-19-4-6-20(7-5-19)30-12-14-35-15-13-30/h4-7,16-18H,3,8-15H2,1-2H3,(H,28,33). The molecule has 36 heavy (non-hydrogen) atoms. The van der Waals surface area contributed by atoms with Gasteiger partial charge in [0.25, 0.3) is 5.91 Å². The van der Waals surface area contributed by atoms with Crippen LogP contribution in [-0.2, 0) is 4.74 Å². The number of carbonyl (C=O) groups is 1. The van der Waals surface area contributed by atoms with Crippen molar-refractivity contribution in [2.75, 3.05) is 81.8 Å². The van der Waals surface area contributed by atoms with E-state index in [1.807, 2.05) is 30.3 Å². The number of ether oxygens (including phenoxy) is 2. The number of benzene rings is 2. The highest BCUT2D eigenvalue weighted by Gasteiger charge is 2.21. The van der Waals surface area contributed by atoms with Crippen LogP contribution in [0.4, 0.5) is 17.1 Å². The van der Waals surface area contributed by atoms with Crippen molar-refractivity contribution in [2.24, 2.45) is 0 Å². The van der Waals surface area contributed by atoms with Gasteiger partial charge < -0.3 is 33.9 Å². The molecule has 1 N–H and O–H groups in total. The van der Waals surface area contributed by atoms with Crippen molar-refractivity contribution >= 4 is 33.9 Å². The number of nitrogens with one attached hydrogen (secondary N) is 1. The van der Waals surface area contributed by atoms with Gasteiger partial charge in [-0.15, -0.1) is 0 Å². The first kappa shape index (κ1) is 24.1. The highest BCUT2D eigenvalue weighted by Crippen LogP contribution is 2.32. The lowest BCUT2D eigenvalue weighted by Gasteiger charge is -2.28. The summed E-state index contributed by atoms with van der Waals surface area (Å²) < 4.78 is 17.0. The molecule has 0 bridgehead atoms. The van der Waals surface area contributed by atoms with E-state index in [9.17, 15) is 9.59 Å². The van der Waals surface area contributed by atoms with E-state index >= 15 is 0 Å². The number of methoxy groups -OCH3 is 1. The van der Waals surface area contributed by atoms with Gasteiger partial charge in [0.2, 0.25) is 0 Å². The Labute approximate surface area is 210 Å². The molecule has 1 amide bonds. The molecule has 0 spiro atoms. The summed E-state index contributed by atoms with van der Waals surface area (Å²) in [5, 5.41) is 3.25. The maximum Gasteiger partial charge on any atom is 0.291 e. The van der Waals surface area contributed by atoms with Crippen LogP contribution in [0.1, 0.15) is 17.0 Å². The molecule has 0 aliphatic carbocycles. The third-order valence-electron chi connectivity index (χ3n) is 6.80. The second-order valence-electron chi connectivity index (χ2n) is 9.24. The fraction of sp³-hybridized carbons (Fsp3) is 0.407. The summed E-state index contributed by atoms with van der Waals surface area (Å²) in [7, 11) is 3.68. The van der Waals surface area contributed by atoms with Crippen molar-refractivity contribution < 1.29 is 18.7 Å². The SMILES string of the molecule is COc1cc(N2CCCN(C)CC2)c2oc(C(=O)Nc3ccc(N4CCOCC4)cc3)cc(=O)c2c1. The Balaban J connectivity index is 1.43. The van der Waals surface area contributed by atoms with Gasteiger partial charge in [-0.3, -0.25) is 9.59 Å². The minimum Gasteiger partial charge on any atom is -0.497 e. The van der Waals surface area contributed by atoms with Gasteiger partial charge in [0, 0.05) is 56.2 Å². The average Bonchev–Trinajstić information content (AvgIpc) is 3.13. The number of morpholine rings is 1. The van der Waals surface area contributed by atoms with Gasteiger partial charge in [0.1, 0.15) is 5.75 Å². The lowest BCUT2D eigenvalue weighted by molar-refractivity contribution is 0.0997. The zero-order valence-corrected chi connectivity index (χ0v) is 20.8. The first-order valence-corrected chi connectivity index (χ1v) is 12.4. The third-order valence-corrected chi connectivity index (χ3v) is 6.80. The number of carbonyl (C=O) groups excluding carboxylic acids is 1. The molecular formula is C27H32N4O5. The van der Waals surface area contributed by atoms with Crippen molar-refractivity contribution in [2.45, 2.75) is 6.42 Å². The summed E-state index contributed by atoms with van der Waals surface area (Å²) in [4.78, 5) is 32.9. The number of likely N-dealkylation sites (N-methyl/N-ethyl adjacent to an activating group) is 1. The van der Waals surface area contributed by atoms with Gasteiger partial charge >= 0.3 is 0 Å². The van der Waals surface area contributed by atoms with Crippen LogP contribution in [0.25, 0.3) is 11.0 Å². The number of amides is 1. The molecule has 2 saturated heterocycles. The number of hydrogen-bond donors (Lipinski definition) is 1. The minimum absolute atomic E-state index is 0.0249. The second kappa shape index (κ2) is 10.6. The molecule has 2 aliphatic heterocycles. The molecule has 0 saturated carbocycles. The molecule has 2 aromatic carbocycles. The van der Waals surface area contributed by atoms with E-state index in [1.165, 1.54) is 6.07 Å². The normalized spacial score (nSPS) is 17.2. The van der Waals surface area contributed by atoms with Gasteiger partial charge in [-0.25, -0.2) is 0 Å². The molecule has 9 nitrogen and oxygen atoms in total. The van der Waals surface area contributed by atoms with E-state index in [0.717, 1.165) is 57.1 Å². The van der Waals surface area contributed by atoms with Crippen LogP contribution >= 0.6 is 0 Å². The van der Waals surface area contributed by atoms with Gasteiger partial charge in [-0.2, -0.15) is 0 Å². The van der Waals surface area contributed by atoms with E-state index < -0.39 is 5.91 Å². The van der Waals surface area contributed by atoms with Crippen molar-refractivity contribution in [1.29, 1.82) is 0 Å². The highest BCUT2D eigenvalue weighted by molar-refractivity contribution is 6.03. The first-order valence-electron chi connectivity index (χ1n) is 12.4. The van der Waals surface area contributed by atoms with Crippen molar-refractivity contribution in [3.05, 3.63) is 58.4 Å². The Hall–Kier alpha value is -3.56. The Kier molecular flexibility index (Phi) is 7.11. The maximum atomic E-state index is 13.1. The van der Waals surface area contributed by atoms with Crippen LogP contribution in [0.5, 0.6) is 5.75 Å². The van der Waals surface area contributed by atoms with Gasteiger partial charge in [0.05, 0.1) is 31.4 Å². The molecule has 3 heterocycles. The molecule has 0 atom stereocenters. The number of rotatable bonds is 5. The molecule has 3 aromatic rings. The Morgan fingerprint density at radius 1 is 0.944 bits per heavy atom. The molecule has 2 fully saturated rings. The number of fused-ring (bicyclic) bond motifs is 1. The monoisotopic (exact) mass is 492 g/mol. The molecule has 0 unspecified atom stereocenters. The van der Waals surface area contributed by atoms with E-state index in [2.05, 4.69) is 27.1 Å². The van der Waals surface area contributed by atoms with E-state index in [4.69, 9.17) is 13.9 Å². The van der Waals surface area contributed by atoms with E-state index in [0.29, 0.717) is 35.6 Å². The van der Waals surface area contributed by atoms with Crippen LogP contribution in [0.3, 0.4) is 0 Å². The summed E-state index contributed by atoms with van der Waals surface area (Å²) in [5.74, 6) is 0.0913. The van der Waals surface area contributed by atoms with Crippen molar-refractivity contribution in [1.82, 2.24) is 4.90 Å². The van der Waals surface area contributed by atoms with Crippen LogP contribution in [0, 0.1) is 0 Å². The molecule has 1 aromatic heterocycles. The van der Waals surface area contributed by atoms with Crippen LogP contribution in [0.15, 0.2) is 51.7 Å². The predicted octanol–water partition coefficient (Wildman–Crippen LogP) is 3.03. The Bertz CT molecular complexity index is 1280. The summed E-state index contributed by atoms with van der Waals surface area (Å²) in [5.41, 5.74) is 2.60. The fourth-order valence-electron chi connectivity index (χ4n) is 4.74. The Morgan fingerprint density at radius 3 is 2.47 bits per heavy atom. The molecule has 2 aliphatic rings. The first-order chi connectivity index (χ1) is 17.5. The van der Waals surface area contributed by atoms with Gasteiger partial charge in [-0.05, 0) is 50.3 Å². The van der Waals surface area contributed by atoms with Crippen molar-refractivity contribution in [3.63, 3.8) is 0 Å². The summed E-state index contributed by atoms with van der Waals surface area (Å²) in [6, 6.07) is 12.4. The van der Waals surface area contributed by atoms with Crippen LogP contribution in [-0.4, -0.2) is 77.4 Å². The zero-order valence-electron chi connectivity index (χ0n) is 20.8. The lowest BCUT2D eigenvalue weighted by atomic mass is 10.1. The third kappa shape index (κ3) is 5.17. The number of anilines is 3. The quantitative estimate of drug-likeness (QED) is 0.582. The number of hydrogen-bond acceptors (Lipinski definition) is 8. The topological polar surface area (TPSA) is 87.5 Å².